The number of aliphatic carboxylic acids is 2. The normalized spacial score (nSPS) is 12.1. The van der Waals surface area contributed by atoms with Crippen LogP contribution in [-0.4, -0.2) is 40.4 Å². The maximum absolute atomic E-state index is 10.2. The fraction of sp³-hybridized carbons (Fsp3) is 0.769. The molecule has 22 heavy (non-hydrogen) atoms. The fourth-order valence-electron chi connectivity index (χ4n) is 1.24. The number of carbonyl (C=O) groups is 2. The quantitative estimate of drug-likeness (QED) is 0.294. The van der Waals surface area contributed by atoms with Crippen molar-refractivity contribution in [2.24, 2.45) is 11.8 Å². The van der Waals surface area contributed by atoms with Gasteiger partial charge in [-0.15, -0.1) is 0 Å². The van der Waals surface area contributed by atoms with E-state index in [2.05, 4.69) is 34.1 Å². The van der Waals surface area contributed by atoms with E-state index in [1.165, 1.54) is 12.8 Å². The molecular formula is C13H25NaO7S. The molecule has 0 rings (SSSR count). The van der Waals surface area contributed by atoms with Crippen LogP contribution in [0.15, 0.2) is 0 Å². The Balaban J connectivity index is -0.000000326. The summed E-state index contributed by atoms with van der Waals surface area (Å²) in [6, 6.07) is 0. The molecule has 0 aliphatic carbocycles. The first-order valence-corrected chi connectivity index (χ1v) is 8.10. The molecule has 0 saturated carbocycles. The Morgan fingerprint density at radius 1 is 1.00 bits per heavy atom. The zero-order valence-corrected chi connectivity index (χ0v) is 16.6. The minimum Gasteiger partial charge on any atom is -0.481 e. The van der Waals surface area contributed by atoms with Gasteiger partial charge < -0.3 is 16.6 Å². The molecule has 126 valence electrons. The van der Waals surface area contributed by atoms with Crippen LogP contribution in [0.4, 0.5) is 0 Å². The number of hydrogen-bond acceptors (Lipinski definition) is 4. The molecule has 0 aromatic carbocycles. The summed E-state index contributed by atoms with van der Waals surface area (Å²) in [6.07, 6.45) is 3.79. The Morgan fingerprint density at radius 3 is 1.50 bits per heavy atom. The molecule has 0 aliphatic rings. The molecule has 3 N–H and O–H groups in total. The number of carboxylic acid groups (broad SMARTS) is 2. The molecule has 9 heteroatoms. The van der Waals surface area contributed by atoms with Crippen LogP contribution in [0, 0.1) is 18.3 Å². The van der Waals surface area contributed by atoms with Crippen molar-refractivity contribution in [1.29, 1.82) is 0 Å². The average molecular weight is 348 g/mol. The third kappa shape index (κ3) is 17.9. The minimum atomic E-state index is -4.84. The van der Waals surface area contributed by atoms with Crippen molar-refractivity contribution in [3.05, 3.63) is 6.42 Å². The molecule has 1 unspecified atom stereocenters. The number of hydrogen-bond donors (Lipinski definition) is 3. The Bertz CT molecular complexity index is 410. The third-order valence-corrected chi connectivity index (χ3v) is 3.36. The van der Waals surface area contributed by atoms with Gasteiger partial charge in [-0.05, 0) is 0 Å². The van der Waals surface area contributed by atoms with E-state index >= 15 is 0 Å². The van der Waals surface area contributed by atoms with Gasteiger partial charge in [-0.1, -0.05) is 39.5 Å². The van der Waals surface area contributed by atoms with Crippen molar-refractivity contribution >= 4 is 22.1 Å². The van der Waals surface area contributed by atoms with Crippen LogP contribution in [0.3, 0.4) is 0 Å². The Morgan fingerprint density at radius 2 is 1.36 bits per heavy atom. The SMILES string of the molecule is CC(C)C[CH-]CC(C)C.O=C(O)CC(C(=O)O)S(=O)(=O)O.[Na+]. The van der Waals surface area contributed by atoms with E-state index in [1.807, 2.05) is 0 Å². The van der Waals surface area contributed by atoms with Gasteiger partial charge in [-0.25, -0.2) is 0 Å². The molecule has 0 aliphatic heterocycles. The van der Waals surface area contributed by atoms with Crippen molar-refractivity contribution in [3.63, 3.8) is 0 Å². The van der Waals surface area contributed by atoms with Crippen molar-refractivity contribution < 1.29 is 62.3 Å². The van der Waals surface area contributed by atoms with Crippen LogP contribution >= 0.6 is 0 Å². The van der Waals surface area contributed by atoms with E-state index < -0.39 is 33.7 Å². The van der Waals surface area contributed by atoms with E-state index in [0.29, 0.717) is 0 Å². The molecule has 0 aromatic heterocycles. The second-order valence-corrected chi connectivity index (χ2v) is 7.09. The second-order valence-electron chi connectivity index (χ2n) is 5.49. The average Bonchev–Trinajstić information content (AvgIpc) is 2.23. The molecule has 0 bridgehead atoms. The number of rotatable bonds is 8. The summed E-state index contributed by atoms with van der Waals surface area (Å²) in [4.78, 5) is 20.0. The molecule has 0 saturated heterocycles. The summed E-state index contributed by atoms with van der Waals surface area (Å²) in [5.41, 5.74) is 0. The summed E-state index contributed by atoms with van der Waals surface area (Å²) in [7, 11) is -4.84. The fourth-order valence-corrected chi connectivity index (χ4v) is 1.85. The predicted molar refractivity (Wildman–Crippen MR) is 78.4 cm³/mol. The first kappa shape index (κ1) is 26.7. The van der Waals surface area contributed by atoms with Gasteiger partial charge >= 0.3 is 41.5 Å². The number of carboxylic acids is 2. The van der Waals surface area contributed by atoms with Gasteiger partial charge in [-0.3, -0.25) is 14.1 Å². The standard InChI is InChI=1S/C9H19.C4H6O7S.Na/c1-8(2)6-5-7-9(3)4;5-3(6)1-2(4(7)8)12(9,10)11;/h5,8-9H,6-7H2,1-4H3;2H,1H2,(H,5,6)(H,7,8)(H,9,10,11);/q-1;;+1. The van der Waals surface area contributed by atoms with E-state index in [4.69, 9.17) is 14.8 Å². The predicted octanol–water partition coefficient (Wildman–Crippen LogP) is -0.911. The van der Waals surface area contributed by atoms with Gasteiger partial charge in [0.2, 0.25) is 0 Å². The zero-order valence-electron chi connectivity index (χ0n) is 13.8. The summed E-state index contributed by atoms with van der Waals surface area (Å²) < 4.78 is 28.7. The topological polar surface area (TPSA) is 129 Å². The van der Waals surface area contributed by atoms with Gasteiger partial charge in [-0.2, -0.15) is 21.3 Å². The molecule has 1 atom stereocenters. The third-order valence-electron chi connectivity index (χ3n) is 2.27. The summed E-state index contributed by atoms with van der Waals surface area (Å²) in [6.45, 7) is 9.04. The molecule has 0 radical (unpaired) electrons. The van der Waals surface area contributed by atoms with Crippen LogP contribution in [-0.2, 0) is 19.7 Å². The van der Waals surface area contributed by atoms with Crippen molar-refractivity contribution in [2.75, 3.05) is 0 Å². The van der Waals surface area contributed by atoms with Gasteiger partial charge in [0.15, 0.2) is 5.25 Å². The molecule has 0 heterocycles. The Kier molecular flexibility index (Phi) is 16.2. The second kappa shape index (κ2) is 13.3. The van der Waals surface area contributed by atoms with Crippen molar-refractivity contribution in [1.82, 2.24) is 0 Å². The van der Waals surface area contributed by atoms with Crippen LogP contribution in [0.25, 0.3) is 0 Å². The summed E-state index contributed by atoms with van der Waals surface area (Å²) in [5.74, 6) is -1.83. The maximum atomic E-state index is 10.2. The van der Waals surface area contributed by atoms with Gasteiger partial charge in [0, 0.05) is 0 Å². The van der Waals surface area contributed by atoms with Crippen LogP contribution in [0.1, 0.15) is 47.0 Å². The molecule has 0 amide bonds. The van der Waals surface area contributed by atoms with Crippen molar-refractivity contribution in [3.8, 4) is 0 Å². The van der Waals surface area contributed by atoms with E-state index in [0.717, 1.165) is 11.8 Å². The molecule has 0 spiro atoms. The van der Waals surface area contributed by atoms with Crippen LogP contribution in [0.2, 0.25) is 0 Å². The monoisotopic (exact) mass is 348 g/mol. The molecular weight excluding hydrogens is 323 g/mol. The first-order chi connectivity index (χ1) is 9.37. The Hall–Kier alpha value is -0.150. The molecule has 0 fully saturated rings. The van der Waals surface area contributed by atoms with E-state index in [9.17, 15) is 18.0 Å². The Labute approximate surface area is 154 Å². The minimum absolute atomic E-state index is 0. The zero-order chi connectivity index (χ0) is 17.2. The summed E-state index contributed by atoms with van der Waals surface area (Å²) >= 11 is 0. The molecule has 0 aromatic rings. The van der Waals surface area contributed by atoms with Crippen LogP contribution < -0.4 is 29.6 Å². The van der Waals surface area contributed by atoms with E-state index in [1.54, 1.807) is 0 Å². The van der Waals surface area contributed by atoms with Gasteiger partial charge in [0.05, 0.1) is 6.42 Å². The summed E-state index contributed by atoms with van der Waals surface area (Å²) in [5, 5.41) is 13.9. The molecule has 7 nitrogen and oxygen atoms in total. The smallest absolute Gasteiger partial charge is 0.481 e. The van der Waals surface area contributed by atoms with E-state index in [-0.39, 0.29) is 29.6 Å². The van der Waals surface area contributed by atoms with Crippen LogP contribution in [0.5, 0.6) is 0 Å². The van der Waals surface area contributed by atoms with Gasteiger partial charge in [0.25, 0.3) is 10.1 Å². The maximum Gasteiger partial charge on any atom is 1.00 e. The van der Waals surface area contributed by atoms with Gasteiger partial charge in [0.1, 0.15) is 0 Å². The first-order valence-electron chi connectivity index (χ1n) is 6.60. The van der Waals surface area contributed by atoms with Crippen molar-refractivity contribution in [2.45, 2.75) is 52.2 Å². The largest absolute Gasteiger partial charge is 1.00 e.